The van der Waals surface area contributed by atoms with Crippen LogP contribution in [0.5, 0.6) is 0 Å². The average molecular weight is 148 g/mol. The van der Waals surface area contributed by atoms with Gasteiger partial charge in [0, 0.05) is 0 Å². The number of hydrogen-bond acceptors (Lipinski definition) is 1. The largest absolute Gasteiger partial charge is 3.00 e. The Morgan fingerprint density at radius 3 is 1.00 bits per heavy atom. The molecular weight excluding hydrogens is 146 g/mol. The van der Waals surface area contributed by atoms with Crippen molar-refractivity contribution in [1.82, 2.24) is 0 Å². The van der Waals surface area contributed by atoms with Gasteiger partial charge in [0.25, 0.3) is 6.47 Å². The van der Waals surface area contributed by atoms with E-state index in [4.69, 9.17) is 9.90 Å². The summed E-state index contributed by atoms with van der Waals surface area (Å²) in [5.41, 5.74) is 0. The zero-order valence-electron chi connectivity index (χ0n) is 3.81. The second-order valence-electron chi connectivity index (χ2n) is 0.105. The Hall–Kier alpha value is 0.415. The summed E-state index contributed by atoms with van der Waals surface area (Å²) in [5.74, 6) is 0. The summed E-state index contributed by atoms with van der Waals surface area (Å²) in [6.45, 7) is -0.250. The van der Waals surface area contributed by atoms with Gasteiger partial charge in [0.05, 0.1) is 0 Å². The summed E-state index contributed by atoms with van der Waals surface area (Å²) < 4.78 is 0. The van der Waals surface area contributed by atoms with Crippen LogP contribution in [0.4, 0.5) is 0 Å². The van der Waals surface area contributed by atoms with Crippen LogP contribution in [0.25, 0.3) is 0 Å². The van der Waals surface area contributed by atoms with Crippen LogP contribution in [0.2, 0.25) is 0 Å². The Labute approximate surface area is 67.9 Å². The maximum Gasteiger partial charge on any atom is 3.00 e. The molecule has 0 unspecified atom stereocenters. The van der Waals surface area contributed by atoms with Crippen molar-refractivity contribution >= 4 is 41.2 Å². The van der Waals surface area contributed by atoms with Crippen LogP contribution in [0, 0.1) is 0 Å². The Bertz CT molecular complexity index is 17.9. The summed E-state index contributed by atoms with van der Waals surface area (Å²) in [7, 11) is 0. The van der Waals surface area contributed by atoms with Crippen molar-refractivity contribution in [3.05, 3.63) is 0 Å². The quantitative estimate of drug-likeness (QED) is 0.334. The van der Waals surface area contributed by atoms with Crippen molar-refractivity contribution in [3.63, 3.8) is 0 Å². The second kappa shape index (κ2) is 152. The molecule has 7 heteroatoms. The van der Waals surface area contributed by atoms with Crippen molar-refractivity contribution in [3.8, 4) is 0 Å². The van der Waals surface area contributed by atoms with Gasteiger partial charge < -0.3 is 21.5 Å². The van der Waals surface area contributed by atoms with E-state index in [1.54, 1.807) is 0 Å². The van der Waals surface area contributed by atoms with Gasteiger partial charge in [0.2, 0.25) is 0 Å². The third-order valence-electron chi connectivity index (χ3n) is 0. The van der Waals surface area contributed by atoms with Crippen molar-refractivity contribution in [2.45, 2.75) is 0 Å². The topological polar surface area (TPSA) is 123 Å². The number of hydrogen-bond donors (Lipinski definition) is 1. The van der Waals surface area contributed by atoms with Crippen LogP contribution < -0.4 is 0 Å². The van der Waals surface area contributed by atoms with Crippen LogP contribution in [0.3, 0.4) is 0 Å². The van der Waals surface area contributed by atoms with Crippen LogP contribution in [0.1, 0.15) is 0 Å². The number of carbonyl (C=O) groups is 1. The molecule has 0 saturated heterocycles. The number of carboxylic acid groups (broad SMARTS) is 1. The van der Waals surface area contributed by atoms with E-state index in [-0.39, 0.29) is 57.6 Å². The van der Waals surface area contributed by atoms with E-state index in [9.17, 15) is 0 Å². The molecular formula is CH2Al2O5. The van der Waals surface area contributed by atoms with Crippen LogP contribution >= 0.6 is 0 Å². The van der Waals surface area contributed by atoms with Gasteiger partial charge in [-0.05, 0) is 0 Å². The fourth-order valence-electron chi connectivity index (χ4n) is 0. The van der Waals surface area contributed by atoms with Gasteiger partial charge in [-0.3, -0.25) is 4.79 Å². The van der Waals surface area contributed by atoms with Gasteiger partial charge in [-0.25, -0.2) is 0 Å². The van der Waals surface area contributed by atoms with E-state index < -0.39 is 0 Å². The maximum absolute atomic E-state index is 8.36. The minimum absolute atomic E-state index is 0. The molecule has 0 aliphatic rings. The summed E-state index contributed by atoms with van der Waals surface area (Å²) >= 11 is 0. The van der Waals surface area contributed by atoms with E-state index in [0.29, 0.717) is 0 Å². The Morgan fingerprint density at radius 2 is 1.00 bits per heavy atom. The molecule has 0 rings (SSSR count). The molecule has 0 aliphatic carbocycles. The molecule has 0 heterocycles. The van der Waals surface area contributed by atoms with Crippen molar-refractivity contribution in [2.75, 3.05) is 0 Å². The van der Waals surface area contributed by atoms with Crippen LogP contribution in [-0.2, 0) is 21.2 Å². The van der Waals surface area contributed by atoms with E-state index in [2.05, 4.69) is 0 Å². The standard InChI is InChI=1S/CH2O2.2Al.3O/c2-1-3;;;;;/h1H,(H,2,3);;;;;/q;2*+3;3*-2. The Balaban J connectivity index is -0.00000000200. The third kappa shape index (κ3) is 1090. The van der Waals surface area contributed by atoms with Gasteiger partial charge in [0.15, 0.2) is 0 Å². The first-order chi connectivity index (χ1) is 1.41. The first-order valence-electron chi connectivity index (χ1n) is 0.494. The number of rotatable bonds is 0. The predicted molar refractivity (Wildman–Crippen MR) is 22.3 cm³/mol. The summed E-state index contributed by atoms with van der Waals surface area (Å²) in [4.78, 5) is 8.36. The van der Waals surface area contributed by atoms with E-state index in [1.807, 2.05) is 0 Å². The van der Waals surface area contributed by atoms with Crippen molar-refractivity contribution < 1.29 is 26.3 Å². The predicted octanol–water partition coefficient (Wildman–Crippen LogP) is -1.42. The molecule has 0 fully saturated rings. The maximum atomic E-state index is 8.36. The zero-order valence-corrected chi connectivity index (χ0v) is 6.12. The molecule has 0 atom stereocenters. The molecule has 42 valence electrons. The molecule has 0 amide bonds. The SMILES string of the molecule is O=CO.[Al+3].[Al+3].[O-2].[O-2].[O-2]. The Morgan fingerprint density at radius 1 is 1.00 bits per heavy atom. The van der Waals surface area contributed by atoms with E-state index in [0.717, 1.165) is 0 Å². The van der Waals surface area contributed by atoms with E-state index >= 15 is 0 Å². The van der Waals surface area contributed by atoms with Crippen molar-refractivity contribution in [1.29, 1.82) is 0 Å². The first kappa shape index (κ1) is 79.3. The van der Waals surface area contributed by atoms with Gasteiger partial charge in [-0.2, -0.15) is 0 Å². The molecule has 0 aromatic heterocycles. The zero-order chi connectivity index (χ0) is 2.71. The average Bonchev–Trinajstić information content (AvgIpc) is 0.918. The second-order valence-corrected chi connectivity index (χ2v) is 0.105. The fourth-order valence-corrected chi connectivity index (χ4v) is 0. The molecule has 0 saturated carbocycles. The monoisotopic (exact) mass is 148 g/mol. The minimum atomic E-state index is -0.250. The summed E-state index contributed by atoms with van der Waals surface area (Å²) in [5, 5.41) is 6.89. The van der Waals surface area contributed by atoms with Crippen LogP contribution in [0.15, 0.2) is 0 Å². The molecule has 0 spiro atoms. The summed E-state index contributed by atoms with van der Waals surface area (Å²) in [6, 6.07) is 0. The molecule has 0 aliphatic heterocycles. The first-order valence-corrected chi connectivity index (χ1v) is 0.494. The van der Waals surface area contributed by atoms with Crippen molar-refractivity contribution in [2.24, 2.45) is 0 Å². The Kier molecular flexibility index (Phi) is 1510. The van der Waals surface area contributed by atoms with Gasteiger partial charge >= 0.3 is 34.7 Å². The van der Waals surface area contributed by atoms with Crippen LogP contribution in [-0.4, -0.2) is 46.3 Å². The third-order valence-corrected chi connectivity index (χ3v) is 0. The van der Waals surface area contributed by atoms with E-state index in [1.165, 1.54) is 0 Å². The minimum Gasteiger partial charge on any atom is -2.00 e. The smallest absolute Gasteiger partial charge is 2.00 e. The molecule has 0 aromatic carbocycles. The normalized spacial score (nSPS) is 1.50. The molecule has 8 heavy (non-hydrogen) atoms. The molecule has 1 N–H and O–H groups in total. The van der Waals surface area contributed by atoms with Gasteiger partial charge in [0.1, 0.15) is 0 Å². The van der Waals surface area contributed by atoms with Gasteiger partial charge in [-0.15, -0.1) is 0 Å². The van der Waals surface area contributed by atoms with Gasteiger partial charge in [-0.1, -0.05) is 0 Å². The summed E-state index contributed by atoms with van der Waals surface area (Å²) in [6.07, 6.45) is 0. The fraction of sp³-hybridized carbons (Fsp3) is 0. The molecule has 5 nitrogen and oxygen atoms in total. The molecule has 0 radical (unpaired) electrons. The molecule has 0 aromatic rings. The molecule has 0 bridgehead atoms.